The van der Waals surface area contributed by atoms with Gasteiger partial charge in [-0.05, 0) is 35.7 Å². The normalized spacial score (nSPS) is 11.4. The van der Waals surface area contributed by atoms with Gasteiger partial charge < -0.3 is 19.7 Å². The Labute approximate surface area is 211 Å². The Bertz CT molecular complexity index is 1110. The second kappa shape index (κ2) is 13.4. The van der Waals surface area contributed by atoms with Crippen LogP contribution in [0.25, 0.3) is 0 Å². The molecule has 0 saturated heterocycles. The van der Waals surface area contributed by atoms with Gasteiger partial charge >= 0.3 is 0 Å². The average molecular weight is 495 g/mol. The van der Waals surface area contributed by atoms with Gasteiger partial charge in [-0.3, -0.25) is 9.59 Å². The van der Waals surface area contributed by atoms with Crippen molar-refractivity contribution in [3.8, 4) is 11.5 Å². The fourth-order valence-corrected chi connectivity index (χ4v) is 3.89. The van der Waals surface area contributed by atoms with E-state index in [1.54, 1.807) is 36.3 Å². The van der Waals surface area contributed by atoms with E-state index < -0.39 is 6.04 Å². The smallest absolute Gasteiger partial charge is 0.261 e. The Kier molecular flexibility index (Phi) is 9.99. The lowest BCUT2D eigenvalue weighted by Crippen LogP contribution is -2.51. The maximum absolute atomic E-state index is 13.6. The number of benzene rings is 3. The van der Waals surface area contributed by atoms with Crippen LogP contribution in [0.3, 0.4) is 0 Å². The van der Waals surface area contributed by atoms with Gasteiger partial charge in [0.25, 0.3) is 5.91 Å². The number of ether oxygens (including phenoxy) is 2. The van der Waals surface area contributed by atoms with E-state index in [1.807, 2.05) is 61.5 Å². The third-order valence-corrected chi connectivity index (χ3v) is 5.91. The van der Waals surface area contributed by atoms with Gasteiger partial charge in [-0.1, -0.05) is 79.2 Å². The van der Waals surface area contributed by atoms with Crippen molar-refractivity contribution in [1.29, 1.82) is 0 Å². The molecule has 0 unspecified atom stereocenters. The van der Waals surface area contributed by atoms with E-state index in [4.69, 9.17) is 21.1 Å². The van der Waals surface area contributed by atoms with Gasteiger partial charge in [0, 0.05) is 24.5 Å². The molecule has 35 heavy (non-hydrogen) atoms. The van der Waals surface area contributed by atoms with E-state index >= 15 is 0 Å². The van der Waals surface area contributed by atoms with Gasteiger partial charge in [-0.15, -0.1) is 0 Å². The number of hydrogen-bond acceptors (Lipinski definition) is 4. The van der Waals surface area contributed by atoms with Gasteiger partial charge in [0.15, 0.2) is 18.1 Å². The molecule has 7 heteroatoms. The van der Waals surface area contributed by atoms with Crippen LogP contribution in [0, 0.1) is 0 Å². The lowest BCUT2D eigenvalue weighted by Gasteiger charge is -2.31. The number of hydrogen-bond donors (Lipinski definition) is 1. The van der Waals surface area contributed by atoms with E-state index in [0.29, 0.717) is 29.5 Å². The highest BCUT2D eigenvalue weighted by molar-refractivity contribution is 6.31. The van der Waals surface area contributed by atoms with Crippen LogP contribution < -0.4 is 14.8 Å². The molecule has 0 aliphatic heterocycles. The van der Waals surface area contributed by atoms with E-state index in [-0.39, 0.29) is 25.0 Å². The van der Waals surface area contributed by atoms with E-state index in [1.165, 1.54) is 0 Å². The highest BCUT2D eigenvalue weighted by Crippen LogP contribution is 2.26. The molecule has 6 nitrogen and oxygen atoms in total. The lowest BCUT2D eigenvalue weighted by molar-refractivity contribution is -0.142. The number of para-hydroxylation sites is 2. The van der Waals surface area contributed by atoms with Gasteiger partial charge in [0.05, 0.1) is 7.11 Å². The standard InChI is InChI=1S/C28H31ClN2O4/c1-3-17-30-28(33)24(18-21-11-5-4-6-12-21)31(19-22-13-7-8-14-23(22)29)27(32)20-35-26-16-10-9-15-25(26)34-2/h4-16,24H,3,17-20H2,1-2H3,(H,30,33)/t24-/m1/s1. The Morgan fingerprint density at radius 2 is 1.60 bits per heavy atom. The zero-order valence-corrected chi connectivity index (χ0v) is 20.8. The van der Waals surface area contributed by atoms with Crippen LogP contribution in [0.4, 0.5) is 0 Å². The fourth-order valence-electron chi connectivity index (χ4n) is 3.69. The van der Waals surface area contributed by atoms with Crippen LogP contribution in [0.1, 0.15) is 24.5 Å². The molecule has 0 bridgehead atoms. The van der Waals surface area contributed by atoms with Crippen molar-refractivity contribution >= 4 is 23.4 Å². The number of halogens is 1. The highest BCUT2D eigenvalue weighted by atomic mass is 35.5. The number of rotatable bonds is 12. The molecule has 1 atom stereocenters. The first-order valence-corrected chi connectivity index (χ1v) is 12.0. The molecular weight excluding hydrogens is 464 g/mol. The number of amides is 2. The summed E-state index contributed by atoms with van der Waals surface area (Å²) in [5, 5.41) is 3.48. The monoisotopic (exact) mass is 494 g/mol. The summed E-state index contributed by atoms with van der Waals surface area (Å²) < 4.78 is 11.1. The second-order valence-corrected chi connectivity index (χ2v) is 8.46. The molecule has 3 aromatic carbocycles. The topological polar surface area (TPSA) is 67.9 Å². The average Bonchev–Trinajstić information content (AvgIpc) is 2.89. The van der Waals surface area contributed by atoms with Gasteiger partial charge in [0.1, 0.15) is 6.04 Å². The minimum Gasteiger partial charge on any atom is -0.493 e. The summed E-state index contributed by atoms with van der Waals surface area (Å²) in [6, 6.07) is 23.4. The molecule has 3 aromatic rings. The second-order valence-electron chi connectivity index (χ2n) is 8.05. The van der Waals surface area contributed by atoms with Crippen molar-refractivity contribution < 1.29 is 19.1 Å². The molecule has 0 spiro atoms. The molecule has 0 aliphatic rings. The van der Waals surface area contributed by atoms with Crippen molar-refractivity contribution in [2.24, 2.45) is 0 Å². The van der Waals surface area contributed by atoms with Crippen LogP contribution in [-0.2, 0) is 22.6 Å². The molecule has 0 radical (unpaired) electrons. The zero-order valence-electron chi connectivity index (χ0n) is 20.1. The lowest BCUT2D eigenvalue weighted by atomic mass is 10.0. The molecule has 0 aromatic heterocycles. The number of nitrogens with one attached hydrogen (secondary N) is 1. The maximum atomic E-state index is 13.6. The Morgan fingerprint density at radius 3 is 2.29 bits per heavy atom. The van der Waals surface area contributed by atoms with Crippen molar-refractivity contribution in [3.05, 3.63) is 95.0 Å². The summed E-state index contributed by atoms with van der Waals surface area (Å²) in [7, 11) is 1.54. The molecule has 3 rings (SSSR count). The molecule has 184 valence electrons. The molecular formula is C28H31ClN2O4. The van der Waals surface area contributed by atoms with Gasteiger partial charge in [-0.2, -0.15) is 0 Å². The molecule has 0 fully saturated rings. The summed E-state index contributed by atoms with van der Waals surface area (Å²) >= 11 is 6.43. The summed E-state index contributed by atoms with van der Waals surface area (Å²) in [4.78, 5) is 28.4. The van der Waals surface area contributed by atoms with E-state index in [9.17, 15) is 9.59 Å². The number of carbonyl (C=O) groups is 2. The van der Waals surface area contributed by atoms with E-state index in [0.717, 1.165) is 17.5 Å². The predicted octanol–water partition coefficient (Wildman–Crippen LogP) is 4.89. The number of methoxy groups -OCH3 is 1. The van der Waals surface area contributed by atoms with Crippen LogP contribution in [0.15, 0.2) is 78.9 Å². The quantitative estimate of drug-likeness (QED) is 0.389. The molecule has 1 N–H and O–H groups in total. The summed E-state index contributed by atoms with van der Waals surface area (Å²) in [5.41, 5.74) is 1.70. The van der Waals surface area contributed by atoms with Crippen LogP contribution in [-0.4, -0.2) is 43.0 Å². The first-order chi connectivity index (χ1) is 17.0. The number of carbonyl (C=O) groups excluding carboxylic acids is 2. The molecule has 2 amide bonds. The van der Waals surface area contributed by atoms with Crippen LogP contribution >= 0.6 is 11.6 Å². The predicted molar refractivity (Wildman–Crippen MR) is 138 cm³/mol. The highest BCUT2D eigenvalue weighted by Gasteiger charge is 2.31. The van der Waals surface area contributed by atoms with Crippen LogP contribution in [0.5, 0.6) is 11.5 Å². The SMILES string of the molecule is CCCNC(=O)[C@@H](Cc1ccccc1)N(Cc1ccccc1Cl)C(=O)COc1ccccc1OC. The molecule has 0 aliphatic carbocycles. The number of nitrogens with zero attached hydrogens (tertiary/aromatic N) is 1. The maximum Gasteiger partial charge on any atom is 0.261 e. The Balaban J connectivity index is 1.91. The minimum atomic E-state index is -0.742. The van der Waals surface area contributed by atoms with Crippen molar-refractivity contribution in [3.63, 3.8) is 0 Å². The van der Waals surface area contributed by atoms with Crippen molar-refractivity contribution in [2.45, 2.75) is 32.4 Å². The van der Waals surface area contributed by atoms with Gasteiger partial charge in [-0.25, -0.2) is 0 Å². The summed E-state index contributed by atoms with van der Waals surface area (Å²) in [6.07, 6.45) is 1.15. The van der Waals surface area contributed by atoms with Crippen molar-refractivity contribution in [2.75, 3.05) is 20.3 Å². The Morgan fingerprint density at radius 1 is 0.943 bits per heavy atom. The molecule has 0 heterocycles. The molecule has 0 saturated carbocycles. The largest absolute Gasteiger partial charge is 0.493 e. The third kappa shape index (κ3) is 7.49. The summed E-state index contributed by atoms with van der Waals surface area (Å²) in [6.45, 7) is 2.43. The van der Waals surface area contributed by atoms with Gasteiger partial charge in [0.2, 0.25) is 5.91 Å². The van der Waals surface area contributed by atoms with Crippen LogP contribution in [0.2, 0.25) is 5.02 Å². The van der Waals surface area contributed by atoms with Crippen molar-refractivity contribution in [1.82, 2.24) is 10.2 Å². The van der Waals surface area contributed by atoms with E-state index in [2.05, 4.69) is 5.32 Å². The Hall–Kier alpha value is -3.51. The summed E-state index contributed by atoms with van der Waals surface area (Å²) in [5.74, 6) is 0.437. The fraction of sp³-hybridized carbons (Fsp3) is 0.286. The third-order valence-electron chi connectivity index (χ3n) is 5.54. The first-order valence-electron chi connectivity index (χ1n) is 11.6. The zero-order chi connectivity index (χ0) is 25.0. The minimum absolute atomic E-state index is 0.171. The first kappa shape index (κ1) is 26.1.